The van der Waals surface area contributed by atoms with Crippen LogP contribution in [0.5, 0.6) is 0 Å². The molecule has 1 unspecified atom stereocenters. The van der Waals surface area contributed by atoms with E-state index in [-0.39, 0.29) is 12.1 Å². The van der Waals surface area contributed by atoms with Gasteiger partial charge in [-0.05, 0) is 0 Å². The molecule has 1 rings (SSSR count). The van der Waals surface area contributed by atoms with Crippen LogP contribution in [0.25, 0.3) is 0 Å². The SMILES string of the molecule is CCc1cccc[n+]1CC(S(=O)(=O)C(F)(F)F)=S(=O)(O)C(F)(F)F. The molecule has 138 valence electrons. The van der Waals surface area contributed by atoms with Crippen molar-refractivity contribution in [2.45, 2.75) is 30.9 Å². The number of hydrogen-bond acceptors (Lipinski definition) is 3. The summed E-state index contributed by atoms with van der Waals surface area (Å²) in [6.07, 6.45) is 1.15. The van der Waals surface area contributed by atoms with Gasteiger partial charge in [-0.15, -0.1) is 0 Å². The molecule has 1 heterocycles. The Morgan fingerprint density at radius 1 is 1.08 bits per heavy atom. The molecule has 0 amide bonds. The van der Waals surface area contributed by atoms with Crippen LogP contribution in [0, 0.1) is 0 Å². The summed E-state index contributed by atoms with van der Waals surface area (Å²) in [6.45, 7) is -0.0372. The van der Waals surface area contributed by atoms with Crippen molar-refractivity contribution < 1.29 is 48.1 Å². The Morgan fingerprint density at radius 3 is 2.04 bits per heavy atom. The zero-order valence-corrected chi connectivity index (χ0v) is 13.6. The largest absolute Gasteiger partial charge is 0.502 e. The summed E-state index contributed by atoms with van der Waals surface area (Å²) in [4.78, 5) is 0. The molecule has 24 heavy (non-hydrogen) atoms. The van der Waals surface area contributed by atoms with E-state index < -0.39 is 41.4 Å². The van der Waals surface area contributed by atoms with Crippen LogP contribution in [0.15, 0.2) is 24.4 Å². The molecule has 0 spiro atoms. The third-order valence-corrected chi connectivity index (χ3v) is 6.97. The minimum Gasteiger partial charge on any atom is -0.306 e. The Bertz CT molecular complexity index is 835. The minimum absolute atomic E-state index is 0.138. The normalized spacial score (nSPS) is 15.8. The highest BCUT2D eigenvalue weighted by atomic mass is 32.3. The van der Waals surface area contributed by atoms with Gasteiger partial charge in [0.2, 0.25) is 14.0 Å². The van der Waals surface area contributed by atoms with Gasteiger partial charge in [-0.1, -0.05) is 13.0 Å². The highest BCUT2D eigenvalue weighted by Crippen LogP contribution is 2.31. The predicted octanol–water partition coefficient (Wildman–Crippen LogP) is 1.88. The molecule has 0 aliphatic rings. The minimum atomic E-state index is -6.65. The first-order valence-electron chi connectivity index (χ1n) is 6.13. The average Bonchev–Trinajstić information content (AvgIpc) is 2.42. The molecule has 1 N–H and O–H groups in total. The molecule has 1 aromatic heterocycles. The van der Waals surface area contributed by atoms with Gasteiger partial charge in [0, 0.05) is 18.6 Å². The van der Waals surface area contributed by atoms with Gasteiger partial charge in [-0.2, -0.15) is 30.9 Å². The molecule has 13 heteroatoms. The lowest BCUT2D eigenvalue weighted by Crippen LogP contribution is -2.50. The number of sulfone groups is 1. The monoisotopic (exact) mass is 400 g/mol. The second-order valence-corrected chi connectivity index (χ2v) is 8.69. The summed E-state index contributed by atoms with van der Waals surface area (Å²) in [6, 6.07) is 3.97. The van der Waals surface area contributed by atoms with Crippen LogP contribution >= 0.6 is 0 Å². The van der Waals surface area contributed by atoms with E-state index in [0.29, 0.717) is 0 Å². The van der Waals surface area contributed by atoms with Crippen molar-refractivity contribution in [3.05, 3.63) is 30.1 Å². The lowest BCUT2D eigenvalue weighted by atomic mass is 10.3. The highest BCUT2D eigenvalue weighted by molar-refractivity contribution is 8.22. The summed E-state index contributed by atoms with van der Waals surface area (Å²) >= 11 is 0. The van der Waals surface area contributed by atoms with Gasteiger partial charge in [0.15, 0.2) is 18.4 Å². The smallest absolute Gasteiger partial charge is 0.306 e. The van der Waals surface area contributed by atoms with Gasteiger partial charge in [-0.25, -0.2) is 12.6 Å². The molecule has 1 aromatic rings. The quantitative estimate of drug-likeness (QED) is 0.478. The number of rotatable bonds is 3. The fraction of sp³-hybridized carbons (Fsp3) is 0.455. The summed E-state index contributed by atoms with van der Waals surface area (Å²) in [5.74, 6) is 0. The summed E-state index contributed by atoms with van der Waals surface area (Å²) in [7, 11) is -13.1. The van der Waals surface area contributed by atoms with Crippen LogP contribution in [-0.4, -0.2) is 32.4 Å². The Hall–Kier alpha value is -1.34. The van der Waals surface area contributed by atoms with Crippen molar-refractivity contribution in [1.29, 1.82) is 0 Å². The molecular formula is C11H12F6NO4S2+. The number of pyridine rings is 1. The van der Waals surface area contributed by atoms with E-state index in [1.807, 2.05) is 0 Å². The van der Waals surface area contributed by atoms with Gasteiger partial charge in [-0.3, -0.25) is 0 Å². The van der Waals surface area contributed by atoms with Crippen molar-refractivity contribution >= 4 is 23.8 Å². The van der Waals surface area contributed by atoms with E-state index in [4.69, 9.17) is 4.55 Å². The Kier molecular flexibility index (Phi) is 5.62. The number of alkyl halides is 6. The third kappa shape index (κ3) is 3.83. The number of hydrogen-bond donors (Lipinski definition) is 1. The van der Waals surface area contributed by atoms with Gasteiger partial charge >= 0.3 is 11.0 Å². The molecule has 0 bridgehead atoms. The standard InChI is InChI=1S/C11H11F6NO4S2/c1-2-8-5-3-4-6-18(8)7-9(23(19,20)10(12,13)14)24(21,22)11(15,16)17/h3-6H,2,7H2,1H3/p+1. The van der Waals surface area contributed by atoms with Crippen molar-refractivity contribution in [3.8, 4) is 0 Å². The number of nitrogens with zero attached hydrogens (tertiary/aromatic N) is 1. The molecule has 0 radical (unpaired) electrons. The Morgan fingerprint density at radius 2 is 1.62 bits per heavy atom. The fourth-order valence-corrected chi connectivity index (χ4v) is 4.60. The van der Waals surface area contributed by atoms with Crippen LogP contribution in [0.1, 0.15) is 12.6 Å². The Balaban J connectivity index is 3.79. The summed E-state index contributed by atoms with van der Waals surface area (Å²) in [5, 5.41) is 0. The molecule has 0 saturated carbocycles. The van der Waals surface area contributed by atoms with Gasteiger partial charge in [0.05, 0.1) is 0 Å². The lowest BCUT2D eigenvalue weighted by Gasteiger charge is -2.15. The third-order valence-electron chi connectivity index (χ3n) is 2.92. The molecule has 1 atom stereocenters. The summed E-state index contributed by atoms with van der Waals surface area (Å²) < 4.78 is 118. The second kappa shape index (κ2) is 6.52. The fourth-order valence-electron chi connectivity index (χ4n) is 1.71. The van der Waals surface area contributed by atoms with Crippen molar-refractivity contribution in [3.63, 3.8) is 0 Å². The number of aromatic nitrogens is 1. The molecule has 0 aromatic carbocycles. The van der Waals surface area contributed by atoms with Crippen LogP contribution in [0.4, 0.5) is 26.3 Å². The molecule has 0 saturated heterocycles. The van der Waals surface area contributed by atoms with Gasteiger partial charge in [0.25, 0.3) is 9.84 Å². The topological polar surface area (TPSA) is 75.3 Å². The van der Waals surface area contributed by atoms with Crippen molar-refractivity contribution in [1.82, 2.24) is 0 Å². The van der Waals surface area contributed by atoms with E-state index in [1.165, 1.54) is 25.1 Å². The first-order valence-corrected chi connectivity index (χ1v) is 9.13. The molecule has 5 nitrogen and oxygen atoms in total. The maximum atomic E-state index is 12.7. The zero-order valence-electron chi connectivity index (χ0n) is 11.9. The number of halogens is 6. The van der Waals surface area contributed by atoms with E-state index in [1.54, 1.807) is 0 Å². The Labute approximate surface area is 133 Å². The average molecular weight is 400 g/mol. The summed E-state index contributed by atoms with van der Waals surface area (Å²) in [5.41, 5.74) is -12.1. The van der Waals surface area contributed by atoms with E-state index >= 15 is 0 Å². The molecule has 0 aliphatic heterocycles. The van der Waals surface area contributed by atoms with Crippen LogP contribution < -0.4 is 4.57 Å². The second-order valence-electron chi connectivity index (χ2n) is 4.47. The zero-order chi connectivity index (χ0) is 19.0. The molecular weight excluding hydrogens is 388 g/mol. The first kappa shape index (κ1) is 20.7. The van der Waals surface area contributed by atoms with Gasteiger partial charge in [0.1, 0.15) is 0 Å². The van der Waals surface area contributed by atoms with E-state index in [0.717, 1.165) is 10.8 Å². The van der Waals surface area contributed by atoms with E-state index in [9.17, 15) is 39.0 Å². The highest BCUT2D eigenvalue weighted by Gasteiger charge is 2.57. The van der Waals surface area contributed by atoms with Crippen molar-refractivity contribution in [2.75, 3.05) is 0 Å². The van der Waals surface area contributed by atoms with Crippen LogP contribution in [0.2, 0.25) is 0 Å². The molecule has 0 fully saturated rings. The maximum Gasteiger partial charge on any atom is 0.502 e. The maximum absolute atomic E-state index is 12.7. The van der Waals surface area contributed by atoms with Crippen LogP contribution in [-0.2, 0) is 32.6 Å². The lowest BCUT2D eigenvalue weighted by molar-refractivity contribution is -0.688. The van der Waals surface area contributed by atoms with Crippen LogP contribution in [0.3, 0.4) is 0 Å². The number of aryl methyl sites for hydroxylation is 1. The van der Waals surface area contributed by atoms with E-state index in [2.05, 4.69) is 0 Å². The first-order chi connectivity index (χ1) is 10.7. The van der Waals surface area contributed by atoms with Crippen molar-refractivity contribution in [2.24, 2.45) is 0 Å². The predicted molar refractivity (Wildman–Crippen MR) is 72.8 cm³/mol. The van der Waals surface area contributed by atoms with Gasteiger partial charge < -0.3 is 4.55 Å². The molecule has 0 aliphatic carbocycles.